The zero-order valence-electron chi connectivity index (χ0n) is 19.9. The zero-order chi connectivity index (χ0) is 26.0. The minimum atomic E-state index is -3.77. The normalized spacial score (nSPS) is 11.8. The molecule has 0 spiro atoms. The highest BCUT2D eigenvalue weighted by molar-refractivity contribution is 7.89. The Kier molecular flexibility index (Phi) is 6.43. The highest BCUT2D eigenvalue weighted by Gasteiger charge is 2.12. The Morgan fingerprint density at radius 2 is 1.81 bits per heavy atom. The number of ether oxygens (including phenoxy) is 1. The summed E-state index contributed by atoms with van der Waals surface area (Å²) in [6, 6.07) is 21.1. The van der Waals surface area contributed by atoms with Crippen molar-refractivity contribution in [3.05, 3.63) is 108 Å². The van der Waals surface area contributed by atoms with E-state index in [4.69, 9.17) is 9.88 Å². The summed E-state index contributed by atoms with van der Waals surface area (Å²) in [5, 5.41) is 14.6. The van der Waals surface area contributed by atoms with Crippen molar-refractivity contribution in [3.63, 3.8) is 0 Å². The average molecular weight is 514 g/mol. The van der Waals surface area contributed by atoms with E-state index in [1.807, 2.05) is 41.1 Å². The van der Waals surface area contributed by atoms with Gasteiger partial charge in [0.05, 0.1) is 30.4 Å². The Hall–Kier alpha value is -4.54. The highest BCUT2D eigenvalue weighted by Crippen LogP contribution is 2.24. The molecule has 0 saturated heterocycles. The number of benzene rings is 3. The van der Waals surface area contributed by atoms with Crippen LogP contribution in [0.4, 0.5) is 0 Å². The molecule has 2 aromatic heterocycles. The maximum absolute atomic E-state index is 12.7. The highest BCUT2D eigenvalue weighted by atomic mass is 32.2. The van der Waals surface area contributed by atoms with E-state index in [-0.39, 0.29) is 10.7 Å². The molecule has 186 valence electrons. The number of nitrogens with zero attached hydrogens (tertiary/aromatic N) is 4. The van der Waals surface area contributed by atoms with E-state index in [1.165, 1.54) is 12.1 Å². The minimum absolute atomic E-state index is 0.0286. The molecule has 0 saturated carbocycles. The molecule has 5 rings (SSSR count). The first-order valence-electron chi connectivity index (χ1n) is 11.3. The molecule has 0 aliphatic heterocycles. The van der Waals surface area contributed by atoms with Crippen LogP contribution in [-0.4, -0.2) is 40.9 Å². The van der Waals surface area contributed by atoms with Crippen molar-refractivity contribution in [2.75, 3.05) is 7.11 Å². The van der Waals surface area contributed by atoms with Crippen LogP contribution in [0.5, 0.6) is 5.75 Å². The number of hydrogen-bond acceptors (Lipinski definition) is 6. The van der Waals surface area contributed by atoms with Gasteiger partial charge in [0.15, 0.2) is 5.78 Å². The van der Waals surface area contributed by atoms with Gasteiger partial charge < -0.3 is 9.30 Å². The largest absolute Gasteiger partial charge is 0.497 e. The summed E-state index contributed by atoms with van der Waals surface area (Å²) in [5.41, 5.74) is 3.80. The first kappa shape index (κ1) is 24.2. The maximum atomic E-state index is 12.7. The monoisotopic (exact) mass is 513 g/mol. The van der Waals surface area contributed by atoms with Gasteiger partial charge in [-0.15, -0.1) is 5.10 Å². The second-order valence-electron chi connectivity index (χ2n) is 8.35. The molecule has 0 atom stereocenters. The smallest absolute Gasteiger partial charge is 0.238 e. The summed E-state index contributed by atoms with van der Waals surface area (Å²) in [6.45, 7) is 0.452. The Labute approximate surface area is 213 Å². The average Bonchev–Trinajstić information content (AvgIpc) is 3.52. The molecule has 0 unspecified atom stereocenters. The number of primary sulfonamides is 1. The predicted molar refractivity (Wildman–Crippen MR) is 140 cm³/mol. The first-order chi connectivity index (χ1) is 17.8. The van der Waals surface area contributed by atoms with Crippen LogP contribution in [0.15, 0.2) is 96.2 Å². The van der Waals surface area contributed by atoms with Gasteiger partial charge >= 0.3 is 0 Å². The number of carbonyl (C=O) groups is 1. The van der Waals surface area contributed by atoms with E-state index < -0.39 is 10.0 Å². The van der Waals surface area contributed by atoms with Crippen LogP contribution in [0.25, 0.3) is 22.7 Å². The molecule has 0 amide bonds. The Morgan fingerprint density at radius 3 is 2.57 bits per heavy atom. The van der Waals surface area contributed by atoms with Crippen molar-refractivity contribution in [1.29, 1.82) is 0 Å². The van der Waals surface area contributed by atoms with Crippen LogP contribution >= 0.6 is 0 Å². The van der Waals surface area contributed by atoms with Crippen LogP contribution < -0.4 is 9.88 Å². The number of carbonyl (C=O) groups excluding carboxylic acids is 1. The maximum Gasteiger partial charge on any atom is 0.238 e. The van der Waals surface area contributed by atoms with Crippen LogP contribution in [-0.2, 0) is 16.6 Å². The van der Waals surface area contributed by atoms with Gasteiger partial charge in [-0.3, -0.25) is 4.79 Å². The molecule has 10 heteroatoms. The Balaban J connectivity index is 1.39. The van der Waals surface area contributed by atoms with E-state index in [0.717, 1.165) is 16.5 Å². The van der Waals surface area contributed by atoms with Crippen molar-refractivity contribution in [3.8, 4) is 11.4 Å². The Morgan fingerprint density at radius 1 is 1.03 bits per heavy atom. The van der Waals surface area contributed by atoms with E-state index >= 15 is 0 Å². The summed E-state index contributed by atoms with van der Waals surface area (Å²) in [7, 11) is -2.20. The molecule has 5 aromatic rings. The summed E-state index contributed by atoms with van der Waals surface area (Å²) in [4.78, 5) is 12.8. The van der Waals surface area contributed by atoms with Crippen molar-refractivity contribution in [2.24, 2.45) is 5.14 Å². The van der Waals surface area contributed by atoms with Gasteiger partial charge in [-0.1, -0.05) is 35.5 Å². The van der Waals surface area contributed by atoms with Crippen LogP contribution in [0.3, 0.4) is 0 Å². The minimum Gasteiger partial charge on any atom is -0.497 e. The van der Waals surface area contributed by atoms with Crippen LogP contribution in [0.1, 0.15) is 21.6 Å². The molecule has 2 N–H and O–H groups in total. The third-order valence-corrected chi connectivity index (χ3v) is 6.82. The first-order valence-corrected chi connectivity index (χ1v) is 12.9. The van der Waals surface area contributed by atoms with Gasteiger partial charge in [0, 0.05) is 28.2 Å². The molecule has 37 heavy (non-hydrogen) atoms. The zero-order valence-corrected chi connectivity index (χ0v) is 20.7. The van der Waals surface area contributed by atoms with Gasteiger partial charge in [-0.05, 0) is 54.6 Å². The molecule has 2 heterocycles. The van der Waals surface area contributed by atoms with Gasteiger partial charge in [0.25, 0.3) is 0 Å². The van der Waals surface area contributed by atoms with Gasteiger partial charge in [-0.2, -0.15) is 0 Å². The van der Waals surface area contributed by atoms with Gasteiger partial charge in [0.2, 0.25) is 10.0 Å². The third kappa shape index (κ3) is 5.20. The van der Waals surface area contributed by atoms with Crippen LogP contribution in [0.2, 0.25) is 0 Å². The number of nitrogens with two attached hydrogens (primary N) is 1. The van der Waals surface area contributed by atoms with E-state index in [1.54, 1.807) is 60.5 Å². The van der Waals surface area contributed by atoms with Crippen molar-refractivity contribution in [2.45, 2.75) is 11.4 Å². The third-order valence-electron chi connectivity index (χ3n) is 5.89. The molecular weight excluding hydrogens is 490 g/mol. The van der Waals surface area contributed by atoms with E-state index in [0.29, 0.717) is 29.2 Å². The number of aromatic nitrogens is 4. The fourth-order valence-electron chi connectivity index (χ4n) is 4.04. The number of allylic oxidation sites excluding steroid dienone is 1. The summed E-state index contributed by atoms with van der Waals surface area (Å²) in [5.74, 6) is 0.511. The fraction of sp³-hybridized carbons (Fsp3) is 0.0741. The summed E-state index contributed by atoms with van der Waals surface area (Å²) >= 11 is 0. The summed E-state index contributed by atoms with van der Waals surface area (Å²) < 4.78 is 31.8. The van der Waals surface area contributed by atoms with Crippen LogP contribution in [0, 0.1) is 0 Å². The number of hydrogen-bond donors (Lipinski definition) is 1. The number of sulfonamides is 1. The van der Waals surface area contributed by atoms with Crippen molar-refractivity contribution < 1.29 is 17.9 Å². The molecule has 0 fully saturated rings. The lowest BCUT2D eigenvalue weighted by Crippen LogP contribution is -2.12. The predicted octanol–water partition coefficient (Wildman–Crippen LogP) is 3.82. The van der Waals surface area contributed by atoms with Crippen molar-refractivity contribution >= 4 is 32.8 Å². The molecule has 9 nitrogen and oxygen atoms in total. The number of rotatable bonds is 8. The fourth-order valence-corrected chi connectivity index (χ4v) is 4.55. The standard InChI is InChI=1S/C27H23N5O4S/c1-36-23-6-4-5-19(15-23)27(33)14-9-20-16-31(26-8-3-2-7-25(20)26)17-21-18-32(30-29-21)22-10-12-24(13-11-22)37(28,34)35/h2-16,18H,17H2,1H3,(H2,28,34,35)/b14-9+. The Bertz CT molecular complexity index is 1730. The molecular formula is C27H23N5O4S. The number of ketones is 1. The molecule has 0 radical (unpaired) electrons. The number of fused-ring (bicyclic) bond motifs is 1. The van der Waals surface area contributed by atoms with E-state index in [2.05, 4.69) is 10.3 Å². The number of methoxy groups -OCH3 is 1. The second kappa shape index (κ2) is 9.84. The lowest BCUT2D eigenvalue weighted by atomic mass is 10.1. The number of para-hydroxylation sites is 1. The summed E-state index contributed by atoms with van der Waals surface area (Å²) in [6.07, 6.45) is 7.12. The van der Waals surface area contributed by atoms with Gasteiger partial charge in [0.1, 0.15) is 11.4 Å². The molecule has 0 bridgehead atoms. The van der Waals surface area contributed by atoms with E-state index in [9.17, 15) is 13.2 Å². The van der Waals surface area contributed by atoms with Gasteiger partial charge in [-0.25, -0.2) is 18.2 Å². The quantitative estimate of drug-likeness (QED) is 0.249. The molecule has 0 aliphatic rings. The molecule has 3 aromatic carbocycles. The topological polar surface area (TPSA) is 122 Å². The lowest BCUT2D eigenvalue weighted by molar-refractivity contribution is 0.104. The van der Waals surface area contributed by atoms with Crippen molar-refractivity contribution in [1.82, 2.24) is 19.6 Å². The second-order valence-corrected chi connectivity index (χ2v) is 9.91. The lowest BCUT2D eigenvalue weighted by Gasteiger charge is -2.03. The molecule has 0 aliphatic carbocycles. The SMILES string of the molecule is COc1cccc(C(=O)/C=C/c2cn(Cc3cn(-c4ccc(S(N)(=O)=O)cc4)nn3)c3ccccc23)c1.